The highest BCUT2D eigenvalue weighted by atomic mass is 32.2. The SMILES string of the molecule is NC1CCCC(S(=O)(=O)C2CCCC(N)C2)C1. The molecule has 0 aromatic carbocycles. The summed E-state index contributed by atoms with van der Waals surface area (Å²) < 4.78 is 25.0. The Hall–Kier alpha value is -0.130. The largest absolute Gasteiger partial charge is 0.328 e. The second kappa shape index (κ2) is 5.24. The molecule has 5 heteroatoms. The first-order valence-electron chi connectivity index (χ1n) is 6.74. The summed E-state index contributed by atoms with van der Waals surface area (Å²) >= 11 is 0. The molecule has 0 aromatic heterocycles. The molecular weight excluding hydrogens is 236 g/mol. The van der Waals surface area contributed by atoms with Crippen molar-refractivity contribution in [2.45, 2.75) is 74.0 Å². The zero-order valence-electron chi connectivity index (χ0n) is 10.3. The van der Waals surface area contributed by atoms with E-state index in [2.05, 4.69) is 0 Å². The third-order valence-corrected chi connectivity index (χ3v) is 6.98. The highest BCUT2D eigenvalue weighted by molar-refractivity contribution is 7.92. The molecule has 0 amide bonds. The summed E-state index contributed by atoms with van der Waals surface area (Å²) in [5.41, 5.74) is 11.8. The minimum absolute atomic E-state index is 0.0702. The minimum Gasteiger partial charge on any atom is -0.328 e. The summed E-state index contributed by atoms with van der Waals surface area (Å²) in [6, 6.07) is 0.140. The van der Waals surface area contributed by atoms with Crippen molar-refractivity contribution < 1.29 is 8.42 Å². The highest BCUT2D eigenvalue weighted by Gasteiger charge is 2.38. The Kier molecular flexibility index (Phi) is 4.10. The van der Waals surface area contributed by atoms with Crippen LogP contribution in [0, 0.1) is 0 Å². The number of hydrogen-bond donors (Lipinski definition) is 2. The Morgan fingerprint density at radius 3 is 1.53 bits per heavy atom. The molecule has 0 aromatic rings. The zero-order valence-corrected chi connectivity index (χ0v) is 11.2. The van der Waals surface area contributed by atoms with Gasteiger partial charge in [-0.1, -0.05) is 12.8 Å². The van der Waals surface area contributed by atoms with E-state index in [-0.39, 0.29) is 22.6 Å². The molecule has 0 aliphatic heterocycles. The van der Waals surface area contributed by atoms with Crippen molar-refractivity contribution in [2.75, 3.05) is 0 Å². The Labute approximate surface area is 104 Å². The molecule has 0 bridgehead atoms. The lowest BCUT2D eigenvalue weighted by atomic mass is 9.95. The van der Waals surface area contributed by atoms with E-state index >= 15 is 0 Å². The van der Waals surface area contributed by atoms with Gasteiger partial charge in [0.25, 0.3) is 0 Å². The number of nitrogens with two attached hydrogens (primary N) is 2. The Morgan fingerprint density at radius 2 is 1.18 bits per heavy atom. The van der Waals surface area contributed by atoms with Gasteiger partial charge in [0, 0.05) is 12.1 Å². The predicted octanol–water partition coefficient (Wildman–Crippen LogP) is 0.941. The molecular formula is C12H24N2O2S. The van der Waals surface area contributed by atoms with E-state index in [0.29, 0.717) is 12.8 Å². The average Bonchev–Trinajstić information content (AvgIpc) is 2.29. The van der Waals surface area contributed by atoms with Crippen LogP contribution in [-0.2, 0) is 9.84 Å². The summed E-state index contributed by atoms with van der Waals surface area (Å²) in [5.74, 6) is 0. The van der Waals surface area contributed by atoms with E-state index in [9.17, 15) is 8.42 Å². The summed E-state index contributed by atoms with van der Waals surface area (Å²) in [5, 5.41) is -0.414. The molecule has 0 saturated heterocycles. The first-order chi connectivity index (χ1) is 8.00. The normalized spacial score (nSPS) is 40.1. The molecule has 100 valence electrons. The number of hydrogen-bond acceptors (Lipinski definition) is 4. The van der Waals surface area contributed by atoms with Crippen LogP contribution >= 0.6 is 0 Å². The van der Waals surface area contributed by atoms with Crippen molar-refractivity contribution in [1.29, 1.82) is 0 Å². The van der Waals surface area contributed by atoms with E-state index in [1.54, 1.807) is 0 Å². The quantitative estimate of drug-likeness (QED) is 0.773. The third kappa shape index (κ3) is 3.01. The lowest BCUT2D eigenvalue weighted by molar-refractivity contribution is 0.405. The van der Waals surface area contributed by atoms with Gasteiger partial charge in [0.05, 0.1) is 10.5 Å². The molecule has 4 unspecified atom stereocenters. The van der Waals surface area contributed by atoms with Crippen molar-refractivity contribution in [3.8, 4) is 0 Å². The smallest absolute Gasteiger partial charge is 0.156 e. The fourth-order valence-electron chi connectivity index (χ4n) is 3.23. The fraction of sp³-hybridized carbons (Fsp3) is 1.00. The van der Waals surface area contributed by atoms with Crippen molar-refractivity contribution in [3.63, 3.8) is 0 Å². The molecule has 4 atom stereocenters. The van der Waals surface area contributed by atoms with Crippen LogP contribution < -0.4 is 11.5 Å². The molecule has 0 heterocycles. The molecule has 2 saturated carbocycles. The molecule has 2 rings (SSSR count). The fourth-order valence-corrected chi connectivity index (χ4v) is 5.80. The highest BCUT2D eigenvalue weighted by Crippen LogP contribution is 2.31. The molecule has 4 N–H and O–H groups in total. The van der Waals surface area contributed by atoms with E-state index in [0.717, 1.165) is 38.5 Å². The van der Waals surface area contributed by atoms with Crippen LogP contribution in [0.15, 0.2) is 0 Å². The second-order valence-corrected chi connectivity index (χ2v) is 8.20. The maximum Gasteiger partial charge on any atom is 0.156 e. The summed E-state index contributed by atoms with van der Waals surface area (Å²) in [4.78, 5) is 0. The van der Waals surface area contributed by atoms with Gasteiger partial charge >= 0.3 is 0 Å². The molecule has 17 heavy (non-hydrogen) atoms. The molecule has 4 nitrogen and oxygen atoms in total. The van der Waals surface area contributed by atoms with Crippen LogP contribution in [-0.4, -0.2) is 31.0 Å². The van der Waals surface area contributed by atoms with E-state index in [4.69, 9.17) is 11.5 Å². The molecule has 2 aliphatic carbocycles. The Morgan fingerprint density at radius 1 is 0.765 bits per heavy atom. The maximum atomic E-state index is 12.5. The molecule has 0 radical (unpaired) electrons. The second-order valence-electron chi connectivity index (χ2n) is 5.69. The zero-order chi connectivity index (χ0) is 12.5. The maximum absolute atomic E-state index is 12.5. The van der Waals surface area contributed by atoms with E-state index < -0.39 is 9.84 Å². The monoisotopic (exact) mass is 260 g/mol. The summed E-state index contributed by atoms with van der Waals surface area (Å²) in [7, 11) is -3.01. The Bertz CT molecular complexity index is 328. The van der Waals surface area contributed by atoms with Gasteiger partial charge in [0.1, 0.15) is 0 Å². The standard InChI is InChI=1S/C12H24N2O2S/c13-9-3-1-5-11(7-9)17(15,16)12-6-2-4-10(14)8-12/h9-12H,1-8,13-14H2. The van der Waals surface area contributed by atoms with Crippen LogP contribution in [0.25, 0.3) is 0 Å². The topological polar surface area (TPSA) is 86.2 Å². The molecule has 0 spiro atoms. The lowest BCUT2D eigenvalue weighted by Crippen LogP contribution is -2.43. The van der Waals surface area contributed by atoms with Crippen LogP contribution in [0.1, 0.15) is 51.4 Å². The van der Waals surface area contributed by atoms with Gasteiger partial charge in [-0.2, -0.15) is 0 Å². The van der Waals surface area contributed by atoms with Crippen molar-refractivity contribution in [3.05, 3.63) is 0 Å². The van der Waals surface area contributed by atoms with Gasteiger partial charge in [-0.15, -0.1) is 0 Å². The van der Waals surface area contributed by atoms with E-state index in [1.165, 1.54) is 0 Å². The minimum atomic E-state index is -3.01. The first kappa shape index (κ1) is 13.3. The average molecular weight is 260 g/mol. The van der Waals surface area contributed by atoms with Gasteiger partial charge in [0.2, 0.25) is 0 Å². The van der Waals surface area contributed by atoms with Gasteiger partial charge in [-0.25, -0.2) is 8.42 Å². The molecule has 2 aliphatic rings. The van der Waals surface area contributed by atoms with Crippen LogP contribution in [0.5, 0.6) is 0 Å². The van der Waals surface area contributed by atoms with Gasteiger partial charge in [-0.3, -0.25) is 0 Å². The lowest BCUT2D eigenvalue weighted by Gasteiger charge is -2.33. The van der Waals surface area contributed by atoms with Crippen molar-refractivity contribution in [2.24, 2.45) is 11.5 Å². The first-order valence-corrected chi connectivity index (χ1v) is 8.35. The Balaban J connectivity index is 2.06. The van der Waals surface area contributed by atoms with Gasteiger partial charge in [-0.05, 0) is 38.5 Å². The number of rotatable bonds is 2. The number of sulfone groups is 1. The van der Waals surface area contributed by atoms with Gasteiger partial charge in [0.15, 0.2) is 9.84 Å². The predicted molar refractivity (Wildman–Crippen MR) is 69.4 cm³/mol. The van der Waals surface area contributed by atoms with E-state index in [1.807, 2.05) is 0 Å². The van der Waals surface area contributed by atoms with Gasteiger partial charge < -0.3 is 11.5 Å². The summed E-state index contributed by atoms with van der Waals surface area (Å²) in [6.07, 6.45) is 6.71. The van der Waals surface area contributed by atoms with Crippen LogP contribution in [0.2, 0.25) is 0 Å². The van der Waals surface area contributed by atoms with Crippen molar-refractivity contribution in [1.82, 2.24) is 0 Å². The van der Waals surface area contributed by atoms with Crippen LogP contribution in [0.3, 0.4) is 0 Å². The summed E-state index contributed by atoms with van der Waals surface area (Å²) in [6.45, 7) is 0. The molecule has 2 fully saturated rings. The third-order valence-electron chi connectivity index (χ3n) is 4.26. The van der Waals surface area contributed by atoms with Crippen molar-refractivity contribution >= 4 is 9.84 Å². The van der Waals surface area contributed by atoms with Crippen LogP contribution in [0.4, 0.5) is 0 Å².